The van der Waals surface area contributed by atoms with Crippen LogP contribution in [-0.4, -0.2) is 40.2 Å². The average molecular weight is 539 g/mol. The van der Waals surface area contributed by atoms with E-state index in [1.54, 1.807) is 6.08 Å². The molecule has 0 saturated carbocycles. The molecule has 3 aromatic carbocycles. The number of rotatable bonds is 9. The minimum absolute atomic E-state index is 0.00122. The molecule has 2 aliphatic rings. The SMILES string of the molecule is CC[C@H](C)c1ccc(OCCOc2cccc(/C=C3\C(=N)N4N=C(c5ccc(C)cc5)SC4=NC3=O)c2)cc1. The zero-order valence-electron chi connectivity index (χ0n) is 22.2. The van der Waals surface area contributed by atoms with Crippen LogP contribution in [0.1, 0.15) is 48.4 Å². The number of fused-ring (bicyclic) bond motifs is 1. The van der Waals surface area contributed by atoms with E-state index in [2.05, 4.69) is 36.1 Å². The van der Waals surface area contributed by atoms with Gasteiger partial charge in [-0.1, -0.05) is 67.9 Å². The van der Waals surface area contributed by atoms with E-state index in [1.165, 1.54) is 22.3 Å². The molecule has 198 valence electrons. The summed E-state index contributed by atoms with van der Waals surface area (Å²) in [6, 6.07) is 23.5. The van der Waals surface area contributed by atoms with E-state index in [0.717, 1.165) is 28.9 Å². The Balaban J connectivity index is 1.21. The number of amidine groups is 2. The second-order valence-electron chi connectivity index (χ2n) is 9.44. The number of nitrogens with one attached hydrogen (secondary N) is 1. The lowest BCUT2D eigenvalue weighted by molar-refractivity contribution is -0.114. The summed E-state index contributed by atoms with van der Waals surface area (Å²) < 4.78 is 11.7. The van der Waals surface area contributed by atoms with Gasteiger partial charge in [0.2, 0.25) is 5.17 Å². The van der Waals surface area contributed by atoms with Crippen molar-refractivity contribution in [1.29, 1.82) is 5.41 Å². The van der Waals surface area contributed by atoms with Crippen LogP contribution in [0, 0.1) is 12.3 Å². The first kappa shape index (κ1) is 26.4. The number of hydrazone groups is 1. The van der Waals surface area contributed by atoms with Crippen LogP contribution < -0.4 is 9.47 Å². The molecule has 2 heterocycles. The van der Waals surface area contributed by atoms with Crippen molar-refractivity contribution in [1.82, 2.24) is 5.01 Å². The van der Waals surface area contributed by atoms with Crippen molar-refractivity contribution in [2.24, 2.45) is 10.1 Å². The van der Waals surface area contributed by atoms with Crippen molar-refractivity contribution < 1.29 is 14.3 Å². The molecule has 3 aromatic rings. The van der Waals surface area contributed by atoms with Crippen LogP contribution in [-0.2, 0) is 4.79 Å². The highest BCUT2D eigenvalue weighted by atomic mass is 32.2. The molecule has 7 nitrogen and oxygen atoms in total. The summed E-state index contributed by atoms with van der Waals surface area (Å²) in [7, 11) is 0. The Bertz CT molecular complexity index is 1480. The molecule has 1 atom stereocenters. The van der Waals surface area contributed by atoms with Crippen molar-refractivity contribution in [3.05, 3.63) is 101 Å². The lowest BCUT2D eigenvalue weighted by Gasteiger charge is -2.20. The Morgan fingerprint density at radius 1 is 1.00 bits per heavy atom. The molecule has 39 heavy (non-hydrogen) atoms. The van der Waals surface area contributed by atoms with E-state index >= 15 is 0 Å². The summed E-state index contributed by atoms with van der Waals surface area (Å²) in [5.41, 5.74) is 4.28. The molecule has 0 unspecified atom stereocenters. The first-order valence-corrected chi connectivity index (χ1v) is 13.8. The zero-order chi connectivity index (χ0) is 27.4. The Labute approximate surface area is 232 Å². The maximum atomic E-state index is 12.8. The van der Waals surface area contributed by atoms with E-state index in [-0.39, 0.29) is 11.4 Å². The number of nitrogens with zero attached hydrogens (tertiary/aromatic N) is 3. The van der Waals surface area contributed by atoms with E-state index in [9.17, 15) is 4.79 Å². The highest BCUT2D eigenvalue weighted by molar-refractivity contribution is 8.27. The van der Waals surface area contributed by atoms with Gasteiger partial charge in [-0.05, 0) is 72.5 Å². The highest BCUT2D eigenvalue weighted by Crippen LogP contribution is 2.31. The van der Waals surface area contributed by atoms with Crippen molar-refractivity contribution >= 4 is 39.8 Å². The van der Waals surface area contributed by atoms with Gasteiger partial charge in [0.15, 0.2) is 5.84 Å². The molecule has 8 heteroatoms. The van der Waals surface area contributed by atoms with Crippen LogP contribution in [0.25, 0.3) is 6.08 Å². The molecule has 2 aliphatic heterocycles. The van der Waals surface area contributed by atoms with Gasteiger partial charge in [0.1, 0.15) is 29.8 Å². The number of aliphatic imine (C=N–C) groups is 1. The van der Waals surface area contributed by atoms with Gasteiger partial charge in [-0.15, -0.1) is 0 Å². The summed E-state index contributed by atoms with van der Waals surface area (Å²) in [5.74, 6) is 1.53. The summed E-state index contributed by atoms with van der Waals surface area (Å²) in [4.78, 5) is 17.0. The predicted molar refractivity (Wildman–Crippen MR) is 158 cm³/mol. The van der Waals surface area contributed by atoms with Crippen LogP contribution >= 0.6 is 11.8 Å². The quantitative estimate of drug-likeness (QED) is 0.244. The van der Waals surface area contributed by atoms with Gasteiger partial charge in [-0.25, -0.2) is 0 Å². The fourth-order valence-electron chi connectivity index (χ4n) is 4.11. The van der Waals surface area contributed by atoms with Gasteiger partial charge < -0.3 is 9.47 Å². The Morgan fingerprint density at radius 2 is 1.72 bits per heavy atom. The molecular weight excluding hydrogens is 508 g/mol. The molecule has 0 aliphatic carbocycles. The number of aryl methyl sites for hydroxylation is 1. The number of thioether (sulfide) groups is 1. The number of hydrogen-bond donors (Lipinski definition) is 1. The predicted octanol–water partition coefficient (Wildman–Crippen LogP) is 6.63. The number of hydrogen-bond acceptors (Lipinski definition) is 6. The smallest absolute Gasteiger partial charge is 0.283 e. The Kier molecular flexibility index (Phi) is 7.93. The fraction of sp³-hybridized carbons (Fsp3) is 0.226. The average Bonchev–Trinajstić information content (AvgIpc) is 3.38. The van der Waals surface area contributed by atoms with Crippen LogP contribution in [0.3, 0.4) is 0 Å². The molecule has 0 radical (unpaired) electrons. The first-order valence-electron chi connectivity index (χ1n) is 12.9. The van der Waals surface area contributed by atoms with E-state index in [0.29, 0.717) is 35.1 Å². The molecule has 0 saturated heterocycles. The third-order valence-corrected chi connectivity index (χ3v) is 7.56. The molecular formula is C31H30N4O3S. The van der Waals surface area contributed by atoms with Crippen LogP contribution in [0.4, 0.5) is 0 Å². The fourth-order valence-corrected chi connectivity index (χ4v) is 5.01. The standard InChI is InChI=1S/C31H30N4O3S/c1-4-21(3)23-12-14-25(15-13-23)37-16-17-38-26-7-5-6-22(18-26)19-27-28(32)35-31(33-29(27)36)39-30(34-35)24-10-8-20(2)9-11-24/h5-15,18-19,21,32H,4,16-17H2,1-3H3/b27-19+,32-28?/t21-/m0/s1. The second-order valence-corrected chi connectivity index (χ2v) is 10.4. The van der Waals surface area contributed by atoms with Crippen molar-refractivity contribution in [3.8, 4) is 11.5 Å². The van der Waals surface area contributed by atoms with Gasteiger partial charge in [0, 0.05) is 5.56 Å². The van der Waals surface area contributed by atoms with Gasteiger partial charge in [-0.3, -0.25) is 10.2 Å². The highest BCUT2D eigenvalue weighted by Gasteiger charge is 2.36. The number of amides is 1. The normalized spacial score (nSPS) is 16.6. The number of carbonyl (C=O) groups is 1. The van der Waals surface area contributed by atoms with E-state index in [1.807, 2.05) is 67.6 Å². The topological polar surface area (TPSA) is 87.3 Å². The number of benzene rings is 3. The third-order valence-electron chi connectivity index (χ3n) is 6.60. The zero-order valence-corrected chi connectivity index (χ0v) is 23.0. The number of carbonyl (C=O) groups excluding carboxylic acids is 1. The molecule has 1 N–H and O–H groups in total. The molecule has 0 bridgehead atoms. The lowest BCUT2D eigenvalue weighted by Crippen LogP contribution is -2.35. The molecule has 0 fully saturated rings. The monoisotopic (exact) mass is 538 g/mol. The third kappa shape index (κ3) is 6.12. The lowest BCUT2D eigenvalue weighted by atomic mass is 9.99. The summed E-state index contributed by atoms with van der Waals surface area (Å²) in [5, 5.41) is 15.7. The Hall–Kier alpha value is -4.17. The minimum Gasteiger partial charge on any atom is -0.490 e. The largest absolute Gasteiger partial charge is 0.490 e. The van der Waals surface area contributed by atoms with Crippen molar-refractivity contribution in [2.75, 3.05) is 13.2 Å². The van der Waals surface area contributed by atoms with Crippen LogP contribution in [0.5, 0.6) is 11.5 Å². The van der Waals surface area contributed by atoms with Gasteiger partial charge >= 0.3 is 0 Å². The van der Waals surface area contributed by atoms with Crippen LogP contribution in [0.2, 0.25) is 0 Å². The minimum atomic E-state index is -0.460. The second kappa shape index (κ2) is 11.7. The molecule has 0 spiro atoms. The number of ether oxygens (including phenoxy) is 2. The van der Waals surface area contributed by atoms with Crippen molar-refractivity contribution in [3.63, 3.8) is 0 Å². The van der Waals surface area contributed by atoms with E-state index in [4.69, 9.17) is 14.9 Å². The van der Waals surface area contributed by atoms with Crippen molar-refractivity contribution in [2.45, 2.75) is 33.1 Å². The van der Waals surface area contributed by atoms with Gasteiger partial charge in [-0.2, -0.15) is 15.1 Å². The summed E-state index contributed by atoms with van der Waals surface area (Å²) >= 11 is 1.29. The summed E-state index contributed by atoms with van der Waals surface area (Å²) in [6.45, 7) is 7.20. The molecule has 1 amide bonds. The van der Waals surface area contributed by atoms with Crippen LogP contribution in [0.15, 0.2) is 88.5 Å². The maximum absolute atomic E-state index is 12.8. The van der Waals surface area contributed by atoms with Gasteiger partial charge in [0.25, 0.3) is 5.91 Å². The first-order chi connectivity index (χ1) is 18.9. The molecule has 5 rings (SSSR count). The Morgan fingerprint density at radius 3 is 2.44 bits per heavy atom. The molecule has 0 aromatic heterocycles. The maximum Gasteiger partial charge on any atom is 0.283 e. The van der Waals surface area contributed by atoms with E-state index < -0.39 is 5.91 Å². The summed E-state index contributed by atoms with van der Waals surface area (Å²) in [6.07, 6.45) is 2.75. The van der Waals surface area contributed by atoms with Gasteiger partial charge in [0.05, 0.1) is 5.57 Å².